The van der Waals surface area contributed by atoms with E-state index in [4.69, 9.17) is 4.74 Å². The molecule has 3 rings (SSSR count). The number of aromatic nitrogens is 3. The van der Waals surface area contributed by atoms with Crippen LogP contribution in [0.3, 0.4) is 0 Å². The van der Waals surface area contributed by atoms with Crippen LogP contribution in [0, 0.1) is 0 Å². The predicted octanol–water partition coefficient (Wildman–Crippen LogP) is 2.14. The number of aromatic hydroxyl groups is 1. The van der Waals surface area contributed by atoms with E-state index in [1.54, 1.807) is 36.1 Å². The number of benzene rings is 2. The zero-order valence-corrected chi connectivity index (χ0v) is 12.0. The van der Waals surface area contributed by atoms with Crippen molar-refractivity contribution in [2.45, 2.75) is 6.61 Å². The van der Waals surface area contributed by atoms with Crippen molar-refractivity contribution in [2.24, 2.45) is 0 Å². The zero-order chi connectivity index (χ0) is 15.5. The monoisotopic (exact) mass is 297 g/mol. The topological polar surface area (TPSA) is 80.4 Å². The van der Waals surface area contributed by atoms with Crippen LogP contribution in [-0.4, -0.2) is 32.3 Å². The Hall–Kier alpha value is -2.86. The molecule has 6 nitrogen and oxygen atoms in total. The van der Waals surface area contributed by atoms with Crippen molar-refractivity contribution in [3.05, 3.63) is 54.2 Å². The maximum Gasteiger partial charge on any atom is 0.119 e. The zero-order valence-electron chi connectivity index (χ0n) is 12.0. The Bertz CT molecular complexity index is 782. The average molecular weight is 297 g/mol. The third-order valence-corrected chi connectivity index (χ3v) is 3.33. The highest BCUT2D eigenvalue weighted by molar-refractivity contribution is 5.66. The molecule has 0 radical (unpaired) electrons. The van der Waals surface area contributed by atoms with Crippen molar-refractivity contribution in [1.29, 1.82) is 0 Å². The first-order valence-electron chi connectivity index (χ1n) is 6.72. The molecule has 0 fully saturated rings. The molecule has 6 heteroatoms. The summed E-state index contributed by atoms with van der Waals surface area (Å²) in [6.45, 7) is -0.218. The lowest BCUT2D eigenvalue weighted by Crippen LogP contribution is -2.00. The fourth-order valence-electron chi connectivity index (χ4n) is 2.25. The number of nitrogens with zero attached hydrogens (tertiary/aromatic N) is 3. The van der Waals surface area contributed by atoms with Gasteiger partial charge in [0.2, 0.25) is 0 Å². The molecule has 0 aliphatic heterocycles. The lowest BCUT2D eigenvalue weighted by molar-refractivity contribution is 0.277. The fourth-order valence-corrected chi connectivity index (χ4v) is 2.25. The Kier molecular flexibility index (Phi) is 3.76. The van der Waals surface area contributed by atoms with Crippen molar-refractivity contribution in [3.8, 4) is 28.4 Å². The number of rotatable bonds is 4. The number of aliphatic hydroxyl groups is 1. The summed E-state index contributed by atoms with van der Waals surface area (Å²) in [4.78, 5) is 0. The van der Waals surface area contributed by atoms with Crippen molar-refractivity contribution in [1.82, 2.24) is 15.0 Å². The quantitative estimate of drug-likeness (QED) is 0.771. The second-order valence-corrected chi connectivity index (χ2v) is 4.70. The van der Waals surface area contributed by atoms with E-state index >= 15 is 0 Å². The van der Waals surface area contributed by atoms with Gasteiger partial charge in [0, 0.05) is 5.56 Å². The second kappa shape index (κ2) is 5.87. The molecular formula is C16H15N3O3. The molecule has 0 bridgehead atoms. The van der Waals surface area contributed by atoms with Gasteiger partial charge >= 0.3 is 0 Å². The Morgan fingerprint density at radius 1 is 1.14 bits per heavy atom. The van der Waals surface area contributed by atoms with E-state index in [9.17, 15) is 10.2 Å². The molecule has 0 atom stereocenters. The van der Waals surface area contributed by atoms with Gasteiger partial charge < -0.3 is 14.9 Å². The van der Waals surface area contributed by atoms with E-state index in [-0.39, 0.29) is 12.4 Å². The van der Waals surface area contributed by atoms with Crippen LogP contribution in [0.15, 0.2) is 48.5 Å². The van der Waals surface area contributed by atoms with E-state index in [0.29, 0.717) is 17.1 Å². The van der Waals surface area contributed by atoms with Gasteiger partial charge in [-0.3, -0.25) is 0 Å². The minimum absolute atomic E-state index is 0.175. The van der Waals surface area contributed by atoms with Gasteiger partial charge in [-0.15, -0.1) is 5.10 Å². The first-order chi connectivity index (χ1) is 10.7. The molecule has 3 aromatic rings. The summed E-state index contributed by atoms with van der Waals surface area (Å²) in [6.07, 6.45) is 0. The number of phenols is 1. The summed E-state index contributed by atoms with van der Waals surface area (Å²) in [5.74, 6) is 0.883. The summed E-state index contributed by atoms with van der Waals surface area (Å²) in [6, 6.07) is 14.1. The van der Waals surface area contributed by atoms with Crippen LogP contribution < -0.4 is 4.74 Å². The van der Waals surface area contributed by atoms with E-state index < -0.39 is 0 Å². The van der Waals surface area contributed by atoms with Gasteiger partial charge in [-0.1, -0.05) is 17.3 Å². The highest BCUT2D eigenvalue weighted by Gasteiger charge is 2.16. The van der Waals surface area contributed by atoms with Gasteiger partial charge in [-0.25, -0.2) is 4.68 Å². The highest BCUT2D eigenvalue weighted by atomic mass is 16.5. The van der Waals surface area contributed by atoms with Crippen molar-refractivity contribution < 1.29 is 14.9 Å². The van der Waals surface area contributed by atoms with Crippen LogP contribution in [0.25, 0.3) is 16.9 Å². The standard InChI is InChI=1S/C16H15N3O3/c1-22-14-4-2-3-11(9-14)16-15(10-20)17-18-19(16)12-5-7-13(21)8-6-12/h2-9,20-21H,10H2,1H3. The molecule has 2 N–H and O–H groups in total. The molecular weight excluding hydrogens is 282 g/mol. The van der Waals surface area contributed by atoms with Crippen LogP contribution in [0.4, 0.5) is 0 Å². The third kappa shape index (κ3) is 2.51. The number of hydrogen-bond acceptors (Lipinski definition) is 5. The van der Waals surface area contributed by atoms with E-state index in [2.05, 4.69) is 10.3 Å². The summed E-state index contributed by atoms with van der Waals surface area (Å²) in [5, 5.41) is 27.1. The first-order valence-corrected chi connectivity index (χ1v) is 6.72. The maximum absolute atomic E-state index is 9.52. The molecule has 112 valence electrons. The molecule has 1 aromatic heterocycles. The largest absolute Gasteiger partial charge is 0.508 e. The minimum atomic E-state index is -0.218. The Morgan fingerprint density at radius 2 is 1.91 bits per heavy atom. The summed E-state index contributed by atoms with van der Waals surface area (Å²) < 4.78 is 6.87. The number of aliphatic hydroxyl groups excluding tert-OH is 1. The summed E-state index contributed by atoms with van der Waals surface area (Å²) in [5.41, 5.74) is 2.73. The van der Waals surface area contributed by atoms with Gasteiger partial charge in [0.1, 0.15) is 22.9 Å². The lowest BCUT2D eigenvalue weighted by atomic mass is 10.1. The number of phenolic OH excluding ortho intramolecular Hbond substituents is 1. The normalized spacial score (nSPS) is 10.6. The third-order valence-electron chi connectivity index (χ3n) is 3.33. The van der Waals surface area contributed by atoms with Gasteiger partial charge in [0.05, 0.1) is 19.4 Å². The van der Waals surface area contributed by atoms with Crippen LogP contribution in [0.2, 0.25) is 0 Å². The molecule has 2 aromatic carbocycles. The number of hydrogen-bond donors (Lipinski definition) is 2. The van der Waals surface area contributed by atoms with E-state index in [1.807, 2.05) is 24.3 Å². The Morgan fingerprint density at radius 3 is 2.59 bits per heavy atom. The Labute approximate surface area is 127 Å². The predicted molar refractivity (Wildman–Crippen MR) is 80.9 cm³/mol. The van der Waals surface area contributed by atoms with Crippen molar-refractivity contribution >= 4 is 0 Å². The van der Waals surface area contributed by atoms with E-state index in [0.717, 1.165) is 11.3 Å². The first kappa shape index (κ1) is 14.1. The van der Waals surface area contributed by atoms with Crippen molar-refractivity contribution in [2.75, 3.05) is 7.11 Å². The average Bonchev–Trinajstić information content (AvgIpc) is 2.99. The molecule has 0 aliphatic carbocycles. The smallest absolute Gasteiger partial charge is 0.119 e. The van der Waals surface area contributed by atoms with Gasteiger partial charge in [-0.05, 0) is 36.4 Å². The molecule has 0 amide bonds. The van der Waals surface area contributed by atoms with Crippen LogP contribution >= 0.6 is 0 Å². The molecule has 22 heavy (non-hydrogen) atoms. The molecule has 1 heterocycles. The molecule has 0 spiro atoms. The van der Waals surface area contributed by atoms with Gasteiger partial charge in [0.15, 0.2) is 0 Å². The van der Waals surface area contributed by atoms with Crippen LogP contribution in [0.5, 0.6) is 11.5 Å². The SMILES string of the molecule is COc1cccc(-c2c(CO)nnn2-c2ccc(O)cc2)c1. The molecule has 0 saturated heterocycles. The van der Waals surface area contributed by atoms with Gasteiger partial charge in [-0.2, -0.15) is 0 Å². The Balaban J connectivity index is 2.16. The second-order valence-electron chi connectivity index (χ2n) is 4.70. The summed E-state index contributed by atoms with van der Waals surface area (Å²) >= 11 is 0. The van der Waals surface area contributed by atoms with Crippen LogP contribution in [-0.2, 0) is 6.61 Å². The molecule has 0 aliphatic rings. The van der Waals surface area contributed by atoms with Crippen LogP contribution in [0.1, 0.15) is 5.69 Å². The lowest BCUT2D eigenvalue weighted by Gasteiger charge is -2.09. The molecule has 0 unspecified atom stereocenters. The number of ether oxygens (including phenoxy) is 1. The number of methoxy groups -OCH3 is 1. The van der Waals surface area contributed by atoms with Gasteiger partial charge in [0.25, 0.3) is 0 Å². The van der Waals surface area contributed by atoms with E-state index in [1.165, 1.54) is 0 Å². The van der Waals surface area contributed by atoms with Crippen molar-refractivity contribution in [3.63, 3.8) is 0 Å². The summed E-state index contributed by atoms with van der Waals surface area (Å²) in [7, 11) is 1.60. The maximum atomic E-state index is 9.52. The molecule has 0 saturated carbocycles. The highest BCUT2D eigenvalue weighted by Crippen LogP contribution is 2.28. The fraction of sp³-hybridized carbons (Fsp3) is 0.125. The minimum Gasteiger partial charge on any atom is -0.508 e.